The largest absolute Gasteiger partial charge is 0.454 e. The lowest BCUT2D eigenvalue weighted by Gasteiger charge is -2.20. The molecule has 0 aromatic heterocycles. The van der Waals surface area contributed by atoms with Gasteiger partial charge in [-0.05, 0) is 36.6 Å². The summed E-state index contributed by atoms with van der Waals surface area (Å²) in [6.07, 6.45) is 0.768. The molecule has 2 atom stereocenters. The van der Waals surface area contributed by atoms with Gasteiger partial charge in [-0.25, -0.2) is 0 Å². The zero-order valence-electron chi connectivity index (χ0n) is 13.4. The van der Waals surface area contributed by atoms with Crippen molar-refractivity contribution in [1.29, 1.82) is 0 Å². The van der Waals surface area contributed by atoms with Gasteiger partial charge in [-0.2, -0.15) is 0 Å². The summed E-state index contributed by atoms with van der Waals surface area (Å²) in [7, 11) is 0. The summed E-state index contributed by atoms with van der Waals surface area (Å²) < 4.78 is 10.7. The number of amides is 1. The Morgan fingerprint density at radius 2 is 1.83 bits per heavy atom. The standard InChI is InChI=1S/C19H21NO3/c1-3-16(14-7-5-4-6-8-14)19(21)20-13(2)15-9-10-17-18(11-15)23-12-22-17/h4-11,13,16H,3,12H2,1-2H3,(H,20,21)/t13-,16-/m1/s1. The Labute approximate surface area is 136 Å². The van der Waals surface area contributed by atoms with E-state index in [2.05, 4.69) is 5.32 Å². The first-order valence-corrected chi connectivity index (χ1v) is 7.94. The lowest BCUT2D eigenvalue weighted by Crippen LogP contribution is -2.31. The van der Waals surface area contributed by atoms with E-state index in [1.165, 1.54) is 0 Å². The van der Waals surface area contributed by atoms with Crippen molar-refractivity contribution in [2.45, 2.75) is 32.2 Å². The second kappa shape index (κ2) is 6.73. The molecule has 1 amide bonds. The van der Waals surface area contributed by atoms with E-state index in [-0.39, 0.29) is 24.7 Å². The maximum Gasteiger partial charge on any atom is 0.231 e. The molecule has 1 aliphatic heterocycles. The molecule has 0 saturated carbocycles. The molecule has 1 N–H and O–H groups in total. The third-order valence-electron chi connectivity index (χ3n) is 4.18. The molecule has 2 aromatic carbocycles. The number of fused-ring (bicyclic) bond motifs is 1. The van der Waals surface area contributed by atoms with E-state index in [1.54, 1.807) is 0 Å². The van der Waals surface area contributed by atoms with E-state index in [4.69, 9.17) is 9.47 Å². The minimum Gasteiger partial charge on any atom is -0.454 e. The molecule has 0 bridgehead atoms. The summed E-state index contributed by atoms with van der Waals surface area (Å²) in [5.41, 5.74) is 2.05. The average Bonchev–Trinajstić information content (AvgIpc) is 3.04. The zero-order valence-corrected chi connectivity index (χ0v) is 13.4. The summed E-state index contributed by atoms with van der Waals surface area (Å²) >= 11 is 0. The van der Waals surface area contributed by atoms with Gasteiger partial charge < -0.3 is 14.8 Å². The van der Waals surface area contributed by atoms with E-state index in [1.807, 2.05) is 62.4 Å². The first kappa shape index (κ1) is 15.4. The second-order valence-corrected chi connectivity index (χ2v) is 5.71. The number of rotatable bonds is 5. The Bertz CT molecular complexity index is 684. The van der Waals surface area contributed by atoms with Crippen molar-refractivity contribution in [3.8, 4) is 11.5 Å². The second-order valence-electron chi connectivity index (χ2n) is 5.71. The van der Waals surface area contributed by atoms with Crippen LogP contribution in [0.4, 0.5) is 0 Å². The first-order chi connectivity index (χ1) is 11.2. The van der Waals surface area contributed by atoms with E-state index < -0.39 is 0 Å². The SMILES string of the molecule is CC[C@@H](C(=O)N[C@H](C)c1ccc2c(c1)OCO2)c1ccccc1. The summed E-state index contributed by atoms with van der Waals surface area (Å²) in [6, 6.07) is 15.6. The highest BCUT2D eigenvalue weighted by Crippen LogP contribution is 2.34. The number of ether oxygens (including phenoxy) is 2. The fourth-order valence-corrected chi connectivity index (χ4v) is 2.84. The lowest BCUT2D eigenvalue weighted by atomic mass is 9.95. The topological polar surface area (TPSA) is 47.6 Å². The van der Waals surface area contributed by atoms with Crippen molar-refractivity contribution in [3.05, 3.63) is 59.7 Å². The molecular weight excluding hydrogens is 290 g/mol. The van der Waals surface area contributed by atoms with Crippen molar-refractivity contribution in [2.24, 2.45) is 0 Å². The average molecular weight is 311 g/mol. The van der Waals surface area contributed by atoms with Gasteiger partial charge in [0.05, 0.1) is 12.0 Å². The van der Waals surface area contributed by atoms with Gasteiger partial charge in [-0.15, -0.1) is 0 Å². The van der Waals surface area contributed by atoms with Crippen molar-refractivity contribution in [3.63, 3.8) is 0 Å². The van der Waals surface area contributed by atoms with Crippen LogP contribution in [0.25, 0.3) is 0 Å². The third kappa shape index (κ3) is 3.31. The van der Waals surface area contributed by atoms with Gasteiger partial charge >= 0.3 is 0 Å². The minimum absolute atomic E-state index is 0.0452. The van der Waals surface area contributed by atoms with E-state index in [0.717, 1.165) is 29.0 Å². The number of carbonyl (C=O) groups is 1. The molecule has 0 radical (unpaired) electrons. The molecule has 2 aromatic rings. The molecule has 0 aliphatic carbocycles. The first-order valence-electron chi connectivity index (χ1n) is 7.94. The number of hydrogen-bond acceptors (Lipinski definition) is 3. The monoisotopic (exact) mass is 311 g/mol. The predicted molar refractivity (Wildman–Crippen MR) is 88.6 cm³/mol. The Morgan fingerprint density at radius 1 is 1.09 bits per heavy atom. The molecule has 1 heterocycles. The summed E-state index contributed by atoms with van der Waals surface area (Å²) in [5.74, 6) is 1.40. The fourth-order valence-electron chi connectivity index (χ4n) is 2.84. The van der Waals surface area contributed by atoms with Crippen molar-refractivity contribution >= 4 is 5.91 Å². The van der Waals surface area contributed by atoms with Crippen LogP contribution in [-0.2, 0) is 4.79 Å². The molecule has 23 heavy (non-hydrogen) atoms. The molecule has 4 nitrogen and oxygen atoms in total. The predicted octanol–water partition coefficient (Wildman–Crippen LogP) is 3.79. The Morgan fingerprint density at radius 3 is 2.57 bits per heavy atom. The van der Waals surface area contributed by atoms with Crippen LogP contribution >= 0.6 is 0 Å². The fraction of sp³-hybridized carbons (Fsp3) is 0.316. The maximum absolute atomic E-state index is 12.6. The van der Waals surface area contributed by atoms with Gasteiger partial charge in [-0.3, -0.25) is 4.79 Å². The van der Waals surface area contributed by atoms with Gasteiger partial charge in [0.2, 0.25) is 12.7 Å². The van der Waals surface area contributed by atoms with Gasteiger partial charge in [-0.1, -0.05) is 43.3 Å². The van der Waals surface area contributed by atoms with Gasteiger partial charge in [0.15, 0.2) is 11.5 Å². The van der Waals surface area contributed by atoms with Crippen LogP contribution in [0.2, 0.25) is 0 Å². The van der Waals surface area contributed by atoms with Gasteiger partial charge in [0.1, 0.15) is 0 Å². The highest BCUT2D eigenvalue weighted by molar-refractivity contribution is 5.84. The maximum atomic E-state index is 12.6. The molecule has 0 saturated heterocycles. The summed E-state index contributed by atoms with van der Waals surface area (Å²) in [4.78, 5) is 12.6. The molecular formula is C19H21NO3. The van der Waals surface area contributed by atoms with Crippen LogP contribution in [0.15, 0.2) is 48.5 Å². The number of carbonyl (C=O) groups excluding carboxylic acids is 1. The van der Waals surface area contributed by atoms with E-state index in [9.17, 15) is 4.79 Å². The number of hydrogen-bond donors (Lipinski definition) is 1. The van der Waals surface area contributed by atoms with Gasteiger partial charge in [0.25, 0.3) is 0 Å². The van der Waals surface area contributed by atoms with E-state index in [0.29, 0.717) is 0 Å². The van der Waals surface area contributed by atoms with Crippen LogP contribution in [0.1, 0.15) is 43.4 Å². The highest BCUT2D eigenvalue weighted by Gasteiger charge is 2.22. The summed E-state index contributed by atoms with van der Waals surface area (Å²) in [5, 5.41) is 3.10. The Balaban J connectivity index is 1.71. The van der Waals surface area contributed by atoms with Crippen LogP contribution in [0, 0.1) is 0 Å². The molecule has 3 rings (SSSR count). The Kier molecular flexibility index (Phi) is 4.51. The van der Waals surface area contributed by atoms with Crippen molar-refractivity contribution < 1.29 is 14.3 Å². The quantitative estimate of drug-likeness (QED) is 0.914. The molecule has 0 spiro atoms. The van der Waals surface area contributed by atoms with E-state index >= 15 is 0 Å². The summed E-state index contributed by atoms with van der Waals surface area (Å²) in [6.45, 7) is 4.26. The molecule has 0 unspecified atom stereocenters. The molecule has 4 heteroatoms. The van der Waals surface area contributed by atoms with Crippen LogP contribution in [0.3, 0.4) is 0 Å². The molecule has 120 valence electrons. The number of nitrogens with one attached hydrogen (secondary N) is 1. The normalized spacial score (nSPS) is 15.0. The highest BCUT2D eigenvalue weighted by atomic mass is 16.7. The van der Waals surface area contributed by atoms with Crippen molar-refractivity contribution in [1.82, 2.24) is 5.32 Å². The van der Waals surface area contributed by atoms with Gasteiger partial charge in [0, 0.05) is 0 Å². The Hall–Kier alpha value is -2.49. The minimum atomic E-state index is -0.132. The zero-order chi connectivity index (χ0) is 16.2. The smallest absolute Gasteiger partial charge is 0.231 e. The lowest BCUT2D eigenvalue weighted by molar-refractivity contribution is -0.123. The van der Waals surface area contributed by atoms with Crippen molar-refractivity contribution in [2.75, 3.05) is 6.79 Å². The van der Waals surface area contributed by atoms with Crippen LogP contribution in [-0.4, -0.2) is 12.7 Å². The van der Waals surface area contributed by atoms with Crippen LogP contribution < -0.4 is 14.8 Å². The number of benzene rings is 2. The molecule has 1 aliphatic rings. The molecule has 0 fully saturated rings. The third-order valence-corrected chi connectivity index (χ3v) is 4.18. The van der Waals surface area contributed by atoms with Crippen LogP contribution in [0.5, 0.6) is 11.5 Å².